The highest BCUT2D eigenvalue weighted by atomic mass is 35.5. The molecule has 0 saturated carbocycles. The second kappa shape index (κ2) is 13.1. The van der Waals surface area contributed by atoms with Crippen LogP contribution in [0.3, 0.4) is 0 Å². The van der Waals surface area contributed by atoms with Gasteiger partial charge in [-0.3, -0.25) is 13.9 Å². The molecule has 0 heterocycles. The van der Waals surface area contributed by atoms with Crippen molar-refractivity contribution in [3.8, 4) is 0 Å². The highest BCUT2D eigenvalue weighted by molar-refractivity contribution is 7.92. The van der Waals surface area contributed by atoms with Crippen LogP contribution < -0.4 is 9.62 Å². The fourth-order valence-corrected chi connectivity index (χ4v) is 4.86. The zero-order valence-corrected chi connectivity index (χ0v) is 22.3. The van der Waals surface area contributed by atoms with Crippen molar-refractivity contribution < 1.29 is 22.4 Å². The van der Waals surface area contributed by atoms with Crippen molar-refractivity contribution >= 4 is 50.7 Å². The summed E-state index contributed by atoms with van der Waals surface area (Å²) in [6.07, 6.45) is 1.98. The Labute approximate surface area is 216 Å². The number of amides is 2. The Bertz CT molecular complexity index is 1130. The van der Waals surface area contributed by atoms with E-state index < -0.39 is 21.9 Å². The van der Waals surface area contributed by atoms with Gasteiger partial charge in [0, 0.05) is 36.1 Å². The first-order chi connectivity index (χ1) is 16.4. The van der Waals surface area contributed by atoms with E-state index in [9.17, 15) is 22.4 Å². The third-order valence-electron chi connectivity index (χ3n) is 5.34. The molecule has 35 heavy (non-hydrogen) atoms. The van der Waals surface area contributed by atoms with Crippen molar-refractivity contribution in [2.45, 2.75) is 45.7 Å². The fourth-order valence-electron chi connectivity index (χ4n) is 3.42. The van der Waals surface area contributed by atoms with Crippen LogP contribution in [0.5, 0.6) is 0 Å². The predicted octanol–water partition coefficient (Wildman–Crippen LogP) is 4.62. The summed E-state index contributed by atoms with van der Waals surface area (Å²) in [5.74, 6) is -1.11. The molecule has 0 saturated heterocycles. The second-order valence-corrected chi connectivity index (χ2v) is 10.9. The molecule has 0 aliphatic rings. The zero-order chi connectivity index (χ0) is 26.2. The van der Waals surface area contributed by atoms with E-state index in [2.05, 4.69) is 5.32 Å². The number of carbonyl (C=O) groups excluding carboxylic acids is 2. The maximum Gasteiger partial charge on any atom is 0.242 e. The first-order valence-corrected chi connectivity index (χ1v) is 13.8. The van der Waals surface area contributed by atoms with E-state index >= 15 is 0 Å². The monoisotopic (exact) mass is 545 g/mol. The maximum atomic E-state index is 13.3. The first-order valence-electron chi connectivity index (χ1n) is 11.2. The smallest absolute Gasteiger partial charge is 0.242 e. The van der Waals surface area contributed by atoms with Crippen molar-refractivity contribution in [1.82, 2.24) is 10.2 Å². The SMILES string of the molecule is CCCNC(=O)[C@@H](C)N(Cc1ccc(Cl)cc1Cl)C(=O)CCCN(c1ccc(F)cc1)S(C)(=O)=O. The highest BCUT2D eigenvalue weighted by Crippen LogP contribution is 2.24. The summed E-state index contributed by atoms with van der Waals surface area (Å²) >= 11 is 12.3. The van der Waals surface area contributed by atoms with Crippen molar-refractivity contribution in [2.24, 2.45) is 0 Å². The van der Waals surface area contributed by atoms with Crippen LogP contribution in [0.2, 0.25) is 10.0 Å². The third-order valence-corrected chi connectivity index (χ3v) is 7.12. The Hall–Kier alpha value is -2.36. The van der Waals surface area contributed by atoms with Crippen LogP contribution >= 0.6 is 23.2 Å². The number of carbonyl (C=O) groups is 2. The molecular weight excluding hydrogens is 516 g/mol. The van der Waals surface area contributed by atoms with E-state index in [1.165, 1.54) is 29.2 Å². The molecule has 0 fully saturated rings. The molecule has 2 aromatic carbocycles. The van der Waals surface area contributed by atoms with Crippen molar-refractivity contribution in [3.05, 3.63) is 63.9 Å². The molecule has 192 valence electrons. The van der Waals surface area contributed by atoms with Gasteiger partial charge >= 0.3 is 0 Å². The van der Waals surface area contributed by atoms with E-state index in [0.29, 0.717) is 27.8 Å². The van der Waals surface area contributed by atoms with Gasteiger partial charge in [-0.2, -0.15) is 0 Å². The topological polar surface area (TPSA) is 86.8 Å². The van der Waals surface area contributed by atoms with Crippen LogP contribution in [0.25, 0.3) is 0 Å². The summed E-state index contributed by atoms with van der Waals surface area (Å²) in [6, 6.07) is 9.22. The predicted molar refractivity (Wildman–Crippen MR) is 138 cm³/mol. The highest BCUT2D eigenvalue weighted by Gasteiger charge is 2.27. The normalized spacial score (nSPS) is 12.2. The number of nitrogens with zero attached hydrogens (tertiary/aromatic N) is 2. The van der Waals surface area contributed by atoms with Crippen LogP contribution in [0, 0.1) is 5.82 Å². The molecule has 0 bridgehead atoms. The number of sulfonamides is 1. The zero-order valence-electron chi connectivity index (χ0n) is 19.9. The van der Waals surface area contributed by atoms with Crippen LogP contribution in [-0.2, 0) is 26.2 Å². The number of halogens is 3. The van der Waals surface area contributed by atoms with E-state index in [-0.39, 0.29) is 37.7 Å². The van der Waals surface area contributed by atoms with E-state index in [1.807, 2.05) is 6.92 Å². The van der Waals surface area contributed by atoms with Gasteiger partial charge in [0.1, 0.15) is 11.9 Å². The minimum atomic E-state index is -3.66. The molecule has 1 N–H and O–H groups in total. The van der Waals surface area contributed by atoms with Crippen LogP contribution in [0.15, 0.2) is 42.5 Å². The van der Waals surface area contributed by atoms with Crippen LogP contribution in [0.1, 0.15) is 38.7 Å². The average Bonchev–Trinajstić information content (AvgIpc) is 2.79. The van der Waals surface area contributed by atoms with E-state index in [4.69, 9.17) is 23.2 Å². The van der Waals surface area contributed by atoms with Crippen molar-refractivity contribution in [3.63, 3.8) is 0 Å². The van der Waals surface area contributed by atoms with E-state index in [1.54, 1.807) is 25.1 Å². The van der Waals surface area contributed by atoms with Gasteiger partial charge in [-0.15, -0.1) is 0 Å². The number of hydrogen-bond acceptors (Lipinski definition) is 4. The number of rotatable bonds is 12. The molecule has 2 amide bonds. The number of benzene rings is 2. The summed E-state index contributed by atoms with van der Waals surface area (Å²) in [7, 11) is -3.66. The third kappa shape index (κ3) is 8.66. The summed E-state index contributed by atoms with van der Waals surface area (Å²) in [6.45, 7) is 4.14. The fraction of sp³-hybridized carbons (Fsp3) is 0.417. The second-order valence-electron chi connectivity index (χ2n) is 8.14. The summed E-state index contributed by atoms with van der Waals surface area (Å²) in [5.41, 5.74) is 0.932. The summed E-state index contributed by atoms with van der Waals surface area (Å²) < 4.78 is 39.0. The number of anilines is 1. The lowest BCUT2D eigenvalue weighted by molar-refractivity contribution is -0.140. The van der Waals surface area contributed by atoms with Gasteiger partial charge in [0.05, 0.1) is 11.9 Å². The Morgan fingerprint density at radius 1 is 1.11 bits per heavy atom. The lowest BCUT2D eigenvalue weighted by Crippen LogP contribution is -2.48. The van der Waals surface area contributed by atoms with E-state index in [0.717, 1.165) is 17.0 Å². The quantitative estimate of drug-likeness (QED) is 0.421. The van der Waals surface area contributed by atoms with Gasteiger partial charge in [-0.05, 0) is 61.7 Å². The van der Waals surface area contributed by atoms with Gasteiger partial charge in [0.25, 0.3) is 0 Å². The van der Waals surface area contributed by atoms with Gasteiger partial charge in [-0.1, -0.05) is 36.2 Å². The molecule has 0 radical (unpaired) electrons. The minimum Gasteiger partial charge on any atom is -0.354 e. The van der Waals surface area contributed by atoms with Crippen LogP contribution in [-0.4, -0.2) is 50.5 Å². The van der Waals surface area contributed by atoms with Gasteiger partial charge in [0.2, 0.25) is 21.8 Å². The maximum absolute atomic E-state index is 13.3. The van der Waals surface area contributed by atoms with Crippen LogP contribution in [0.4, 0.5) is 10.1 Å². The van der Waals surface area contributed by atoms with Gasteiger partial charge in [0.15, 0.2) is 0 Å². The molecule has 0 unspecified atom stereocenters. The Kier molecular flexibility index (Phi) is 10.8. The van der Waals surface area contributed by atoms with Crippen molar-refractivity contribution in [2.75, 3.05) is 23.7 Å². The minimum absolute atomic E-state index is 0.0101. The Morgan fingerprint density at radius 3 is 2.34 bits per heavy atom. The Morgan fingerprint density at radius 2 is 1.77 bits per heavy atom. The summed E-state index contributed by atoms with van der Waals surface area (Å²) in [5, 5.41) is 3.61. The molecule has 1 atom stereocenters. The molecular formula is C24H30Cl2FN3O4S. The molecule has 0 aromatic heterocycles. The summed E-state index contributed by atoms with van der Waals surface area (Å²) in [4.78, 5) is 27.3. The van der Waals surface area contributed by atoms with Gasteiger partial charge in [-0.25, -0.2) is 12.8 Å². The number of nitrogens with one attached hydrogen (secondary N) is 1. The lowest BCUT2D eigenvalue weighted by atomic mass is 10.1. The Balaban J connectivity index is 2.18. The molecule has 2 aromatic rings. The lowest BCUT2D eigenvalue weighted by Gasteiger charge is -2.29. The first kappa shape index (κ1) is 28.9. The average molecular weight is 546 g/mol. The molecule has 7 nitrogen and oxygen atoms in total. The van der Waals surface area contributed by atoms with Crippen molar-refractivity contribution in [1.29, 1.82) is 0 Å². The standard InChI is InChI=1S/C24H30Cl2FN3O4S/c1-4-13-28-24(32)17(2)29(16-18-7-8-19(25)15-22(18)26)23(31)6-5-14-30(35(3,33)34)21-11-9-20(27)10-12-21/h7-12,15,17H,4-6,13-14,16H2,1-3H3,(H,28,32)/t17-/m1/s1. The number of hydrogen-bond donors (Lipinski definition) is 1. The van der Waals surface area contributed by atoms with Gasteiger partial charge < -0.3 is 10.2 Å². The molecule has 2 rings (SSSR count). The molecule has 0 spiro atoms. The molecule has 11 heteroatoms. The molecule has 0 aliphatic carbocycles. The molecule has 0 aliphatic heterocycles. The largest absolute Gasteiger partial charge is 0.354 e.